The van der Waals surface area contributed by atoms with Gasteiger partial charge < -0.3 is 15.2 Å². The number of nitriles is 1. The number of nitrogens with two attached hydrogens (primary N) is 1. The van der Waals surface area contributed by atoms with Gasteiger partial charge in [-0.3, -0.25) is 4.79 Å². The van der Waals surface area contributed by atoms with Crippen LogP contribution in [0.4, 0.5) is 0 Å². The minimum absolute atomic E-state index is 0.156. The molecule has 0 aliphatic carbocycles. The molecule has 122 valence electrons. The molecular formula is C18H15BrN2O3. The number of carbonyl (C=O) groups excluding carboxylic acids is 1. The minimum Gasteiger partial charge on any atom is -0.493 e. The number of halogens is 1. The van der Waals surface area contributed by atoms with Crippen molar-refractivity contribution < 1.29 is 14.3 Å². The first kappa shape index (κ1) is 17.6. The number of para-hydroxylation sites is 1. The predicted molar refractivity (Wildman–Crippen MR) is 94.3 cm³/mol. The number of ether oxygens (including phenoxy) is 2. The van der Waals surface area contributed by atoms with E-state index in [1.807, 2.05) is 24.3 Å². The molecule has 0 fully saturated rings. The van der Waals surface area contributed by atoms with Crippen LogP contribution in [0.15, 0.2) is 52.5 Å². The smallest absolute Gasteiger partial charge is 0.259 e. The number of carbonyl (C=O) groups is 1. The Morgan fingerprint density at radius 1 is 1.29 bits per heavy atom. The zero-order chi connectivity index (χ0) is 17.5. The van der Waals surface area contributed by atoms with Gasteiger partial charge in [-0.2, -0.15) is 5.26 Å². The molecular weight excluding hydrogens is 372 g/mol. The zero-order valence-electron chi connectivity index (χ0n) is 13.0. The molecule has 1 amide bonds. The Hall–Kier alpha value is -2.78. The lowest BCUT2D eigenvalue weighted by Gasteiger charge is -2.13. The summed E-state index contributed by atoms with van der Waals surface area (Å²) < 4.78 is 12.2. The van der Waals surface area contributed by atoms with Crippen LogP contribution < -0.4 is 15.2 Å². The summed E-state index contributed by atoms with van der Waals surface area (Å²) in [7, 11) is 1.52. The molecule has 0 aromatic heterocycles. The number of amides is 1. The molecule has 0 saturated carbocycles. The highest BCUT2D eigenvalue weighted by Gasteiger charge is 2.12. The summed E-state index contributed by atoms with van der Waals surface area (Å²) in [4.78, 5) is 11.3. The van der Waals surface area contributed by atoms with Gasteiger partial charge in [-0.15, -0.1) is 0 Å². The summed E-state index contributed by atoms with van der Waals surface area (Å²) >= 11 is 3.38. The Bertz CT molecular complexity index is 808. The lowest BCUT2D eigenvalue weighted by Crippen LogP contribution is -2.12. The van der Waals surface area contributed by atoms with Crippen molar-refractivity contribution in [2.24, 2.45) is 5.73 Å². The summed E-state index contributed by atoms with van der Waals surface area (Å²) in [6.45, 7) is 0.312. The van der Waals surface area contributed by atoms with E-state index in [-0.39, 0.29) is 5.57 Å². The summed E-state index contributed by atoms with van der Waals surface area (Å²) in [5.41, 5.74) is 6.54. The molecule has 6 heteroatoms. The molecule has 0 saturated heterocycles. The first-order chi connectivity index (χ1) is 11.5. The monoisotopic (exact) mass is 386 g/mol. The van der Waals surface area contributed by atoms with Crippen molar-refractivity contribution in [1.82, 2.24) is 0 Å². The third kappa shape index (κ3) is 4.37. The lowest BCUT2D eigenvalue weighted by atomic mass is 10.1. The molecule has 24 heavy (non-hydrogen) atoms. The molecule has 0 spiro atoms. The van der Waals surface area contributed by atoms with Crippen molar-refractivity contribution in [2.45, 2.75) is 6.61 Å². The third-order valence-corrected chi connectivity index (χ3v) is 3.74. The van der Waals surface area contributed by atoms with Gasteiger partial charge in [-0.25, -0.2) is 0 Å². The van der Waals surface area contributed by atoms with Crippen molar-refractivity contribution in [2.75, 3.05) is 7.11 Å². The number of hydrogen-bond donors (Lipinski definition) is 1. The third-order valence-electron chi connectivity index (χ3n) is 3.21. The second-order valence-corrected chi connectivity index (χ2v) is 5.74. The molecule has 2 aromatic rings. The van der Waals surface area contributed by atoms with Gasteiger partial charge in [-0.1, -0.05) is 40.2 Å². The van der Waals surface area contributed by atoms with E-state index < -0.39 is 5.91 Å². The molecule has 0 bridgehead atoms. The standard InChI is InChI=1S/C18H15BrN2O3/c1-23-16-4-2-3-13(9-14(10-20)18(21)22)17(16)24-11-12-5-7-15(19)8-6-12/h2-9H,11H2,1H3,(H2,21,22)/b14-9-. The Morgan fingerprint density at radius 3 is 2.58 bits per heavy atom. The van der Waals surface area contributed by atoms with Crippen molar-refractivity contribution in [3.8, 4) is 17.6 Å². The van der Waals surface area contributed by atoms with Gasteiger partial charge in [0.1, 0.15) is 18.2 Å². The second kappa shape index (κ2) is 8.18. The highest BCUT2D eigenvalue weighted by Crippen LogP contribution is 2.33. The molecule has 0 aliphatic rings. The van der Waals surface area contributed by atoms with Crippen LogP contribution in [0.3, 0.4) is 0 Å². The van der Waals surface area contributed by atoms with E-state index in [0.29, 0.717) is 23.7 Å². The highest BCUT2D eigenvalue weighted by molar-refractivity contribution is 9.10. The minimum atomic E-state index is -0.792. The zero-order valence-corrected chi connectivity index (χ0v) is 14.5. The summed E-state index contributed by atoms with van der Waals surface area (Å²) in [6, 6.07) is 14.7. The fourth-order valence-electron chi connectivity index (χ4n) is 2.01. The van der Waals surface area contributed by atoms with Crippen LogP contribution in [0.1, 0.15) is 11.1 Å². The number of rotatable bonds is 6. The van der Waals surface area contributed by atoms with Gasteiger partial charge in [-0.05, 0) is 29.8 Å². The molecule has 0 aliphatic heterocycles. The van der Waals surface area contributed by atoms with Crippen LogP contribution in [-0.2, 0) is 11.4 Å². The van der Waals surface area contributed by atoms with E-state index in [9.17, 15) is 4.79 Å². The molecule has 2 aromatic carbocycles. The molecule has 2 N–H and O–H groups in total. The predicted octanol–water partition coefficient (Wildman–Crippen LogP) is 3.43. The van der Waals surface area contributed by atoms with Crippen LogP contribution in [0.25, 0.3) is 6.08 Å². The lowest BCUT2D eigenvalue weighted by molar-refractivity contribution is -0.114. The van der Waals surface area contributed by atoms with Crippen LogP contribution in [0, 0.1) is 11.3 Å². The van der Waals surface area contributed by atoms with Crippen LogP contribution in [0.2, 0.25) is 0 Å². The van der Waals surface area contributed by atoms with E-state index in [1.165, 1.54) is 13.2 Å². The quantitative estimate of drug-likeness (QED) is 0.608. The number of primary amides is 1. The van der Waals surface area contributed by atoms with Crippen molar-refractivity contribution in [3.63, 3.8) is 0 Å². The average Bonchev–Trinajstić information content (AvgIpc) is 2.59. The summed E-state index contributed by atoms with van der Waals surface area (Å²) in [6.07, 6.45) is 1.39. The van der Waals surface area contributed by atoms with Crippen LogP contribution in [0.5, 0.6) is 11.5 Å². The van der Waals surface area contributed by atoms with Gasteiger partial charge in [0.05, 0.1) is 7.11 Å². The molecule has 2 rings (SSSR count). The Kier molecular flexibility index (Phi) is 5.99. The normalized spacial score (nSPS) is 10.8. The first-order valence-electron chi connectivity index (χ1n) is 7.01. The van der Waals surface area contributed by atoms with Crippen molar-refractivity contribution >= 4 is 27.9 Å². The molecule has 0 atom stereocenters. The van der Waals surface area contributed by atoms with Crippen LogP contribution >= 0.6 is 15.9 Å². The number of hydrogen-bond acceptors (Lipinski definition) is 4. The van der Waals surface area contributed by atoms with E-state index in [4.69, 9.17) is 20.5 Å². The average molecular weight is 387 g/mol. The van der Waals surface area contributed by atoms with Gasteiger partial charge >= 0.3 is 0 Å². The van der Waals surface area contributed by atoms with Crippen molar-refractivity contribution in [3.05, 3.63) is 63.6 Å². The van der Waals surface area contributed by atoms with Gasteiger partial charge in [0.15, 0.2) is 11.5 Å². The van der Waals surface area contributed by atoms with E-state index >= 15 is 0 Å². The number of nitrogens with zero attached hydrogens (tertiary/aromatic N) is 1. The maximum atomic E-state index is 11.3. The fourth-order valence-corrected chi connectivity index (χ4v) is 2.28. The summed E-state index contributed by atoms with van der Waals surface area (Å²) in [5, 5.41) is 9.01. The topological polar surface area (TPSA) is 85.3 Å². The Morgan fingerprint density at radius 2 is 2.00 bits per heavy atom. The van der Waals surface area contributed by atoms with E-state index in [1.54, 1.807) is 24.3 Å². The Labute approximate surface area is 148 Å². The van der Waals surface area contributed by atoms with Gasteiger partial charge in [0.25, 0.3) is 5.91 Å². The maximum absolute atomic E-state index is 11.3. The van der Waals surface area contributed by atoms with Gasteiger partial charge in [0, 0.05) is 10.0 Å². The largest absolute Gasteiger partial charge is 0.493 e. The molecule has 0 radical (unpaired) electrons. The molecule has 0 heterocycles. The van der Waals surface area contributed by atoms with E-state index in [2.05, 4.69) is 15.9 Å². The summed E-state index contributed by atoms with van der Waals surface area (Å²) in [5.74, 6) is 0.152. The Balaban J connectivity index is 2.35. The van der Waals surface area contributed by atoms with E-state index in [0.717, 1.165) is 10.0 Å². The second-order valence-electron chi connectivity index (χ2n) is 4.83. The molecule has 5 nitrogen and oxygen atoms in total. The SMILES string of the molecule is COc1cccc(/C=C(/C#N)C(N)=O)c1OCc1ccc(Br)cc1. The maximum Gasteiger partial charge on any atom is 0.259 e. The number of methoxy groups -OCH3 is 1. The van der Waals surface area contributed by atoms with Gasteiger partial charge in [0.2, 0.25) is 0 Å². The van der Waals surface area contributed by atoms with Crippen LogP contribution in [-0.4, -0.2) is 13.0 Å². The highest BCUT2D eigenvalue weighted by atomic mass is 79.9. The fraction of sp³-hybridized carbons (Fsp3) is 0.111. The first-order valence-corrected chi connectivity index (χ1v) is 7.80. The number of benzene rings is 2. The molecule has 0 unspecified atom stereocenters. The van der Waals surface area contributed by atoms with Crippen molar-refractivity contribution in [1.29, 1.82) is 5.26 Å².